The molecule has 0 aliphatic carbocycles. The average molecular weight is 288 g/mol. The fourth-order valence-electron chi connectivity index (χ4n) is 1.94. The van der Waals surface area contributed by atoms with Crippen LogP contribution in [0.15, 0.2) is 42.5 Å². The van der Waals surface area contributed by atoms with Crippen molar-refractivity contribution in [2.45, 2.75) is 0 Å². The van der Waals surface area contributed by atoms with Crippen LogP contribution in [0.1, 0.15) is 10.4 Å². The van der Waals surface area contributed by atoms with E-state index >= 15 is 0 Å². The second-order valence-corrected chi connectivity index (χ2v) is 4.22. The Bertz CT molecular complexity index is 687. The summed E-state index contributed by atoms with van der Waals surface area (Å²) in [5.74, 6) is -1.44. The van der Waals surface area contributed by atoms with Gasteiger partial charge in [0.15, 0.2) is 0 Å². The number of ether oxygens (including phenoxy) is 1. The van der Waals surface area contributed by atoms with E-state index in [2.05, 4.69) is 10.1 Å². The summed E-state index contributed by atoms with van der Waals surface area (Å²) in [5.41, 5.74) is 6.08. The molecular weight excluding hydrogens is 275 g/mol. The summed E-state index contributed by atoms with van der Waals surface area (Å²) in [5, 5.41) is 2.18. The molecule has 2 aromatic rings. The molecule has 0 atom stereocenters. The Kier molecular flexibility index (Phi) is 4.18. The first-order valence-corrected chi connectivity index (χ1v) is 6.06. The van der Waals surface area contributed by atoms with E-state index in [-0.39, 0.29) is 11.3 Å². The number of carbonyl (C=O) groups excluding carboxylic acids is 2. The number of esters is 1. The van der Waals surface area contributed by atoms with Crippen molar-refractivity contribution in [2.75, 3.05) is 12.4 Å². The van der Waals surface area contributed by atoms with Gasteiger partial charge in [-0.1, -0.05) is 30.3 Å². The summed E-state index contributed by atoms with van der Waals surface area (Å²) >= 11 is 0. The van der Waals surface area contributed by atoms with Crippen LogP contribution in [0, 0.1) is 5.82 Å². The van der Waals surface area contributed by atoms with E-state index < -0.39 is 17.8 Å². The third kappa shape index (κ3) is 3.17. The fraction of sp³-hybridized carbons (Fsp3) is 0.0667. The van der Waals surface area contributed by atoms with Crippen molar-refractivity contribution in [1.29, 1.82) is 0 Å². The van der Waals surface area contributed by atoms with E-state index in [1.54, 1.807) is 24.3 Å². The number of nitrogens with two attached hydrogens (primary N) is 1. The fourth-order valence-corrected chi connectivity index (χ4v) is 1.94. The monoisotopic (exact) mass is 288 g/mol. The third-order valence-corrected chi connectivity index (χ3v) is 2.86. The third-order valence-electron chi connectivity index (χ3n) is 2.86. The second kappa shape index (κ2) is 6.04. The maximum atomic E-state index is 13.9. The van der Waals surface area contributed by atoms with Crippen molar-refractivity contribution < 1.29 is 18.7 Å². The molecule has 0 fully saturated rings. The first-order valence-electron chi connectivity index (χ1n) is 6.06. The van der Waals surface area contributed by atoms with Gasteiger partial charge in [-0.15, -0.1) is 0 Å². The Morgan fingerprint density at radius 1 is 1.19 bits per heavy atom. The van der Waals surface area contributed by atoms with Crippen molar-refractivity contribution in [3.05, 3.63) is 53.8 Å². The maximum absolute atomic E-state index is 13.9. The number of primary amides is 1. The Hall–Kier alpha value is -2.89. The molecule has 0 spiro atoms. The first-order chi connectivity index (χ1) is 10.0. The lowest BCUT2D eigenvalue weighted by molar-refractivity contribution is 0.0601. The van der Waals surface area contributed by atoms with E-state index in [1.807, 2.05) is 6.07 Å². The standard InChI is InChI=1S/C15H13FN2O3/c1-21-14(19)11-7-12(16)13(18-15(17)20)8-10(11)9-5-3-2-4-6-9/h2-8H,1H3,(H3,17,18,20). The average Bonchev–Trinajstić information content (AvgIpc) is 2.48. The molecular formula is C15H13FN2O3. The van der Waals surface area contributed by atoms with Crippen molar-refractivity contribution in [1.82, 2.24) is 0 Å². The molecule has 0 aliphatic heterocycles. The van der Waals surface area contributed by atoms with Gasteiger partial charge in [0.05, 0.1) is 18.4 Å². The first kappa shape index (κ1) is 14.5. The highest BCUT2D eigenvalue weighted by Crippen LogP contribution is 2.29. The van der Waals surface area contributed by atoms with Crippen LogP contribution in [0.2, 0.25) is 0 Å². The SMILES string of the molecule is COC(=O)c1cc(F)c(NC(N)=O)cc1-c1ccccc1. The maximum Gasteiger partial charge on any atom is 0.338 e. The number of carbonyl (C=O) groups is 2. The van der Waals surface area contributed by atoms with Crippen LogP contribution in [-0.4, -0.2) is 19.1 Å². The molecule has 0 heterocycles. The molecule has 0 saturated carbocycles. The lowest BCUT2D eigenvalue weighted by atomic mass is 9.98. The summed E-state index contributed by atoms with van der Waals surface area (Å²) in [6.45, 7) is 0. The number of amides is 2. The zero-order chi connectivity index (χ0) is 15.4. The van der Waals surface area contributed by atoms with Crippen molar-refractivity contribution in [3.63, 3.8) is 0 Å². The highest BCUT2D eigenvalue weighted by Gasteiger charge is 2.18. The highest BCUT2D eigenvalue weighted by atomic mass is 19.1. The lowest BCUT2D eigenvalue weighted by Gasteiger charge is -2.12. The van der Waals surface area contributed by atoms with Gasteiger partial charge in [0, 0.05) is 0 Å². The smallest absolute Gasteiger partial charge is 0.338 e. The van der Waals surface area contributed by atoms with Gasteiger partial charge < -0.3 is 15.8 Å². The van der Waals surface area contributed by atoms with Gasteiger partial charge in [-0.3, -0.25) is 0 Å². The van der Waals surface area contributed by atoms with Crippen LogP contribution in [0.5, 0.6) is 0 Å². The molecule has 0 aromatic heterocycles. The summed E-state index contributed by atoms with van der Waals surface area (Å²) < 4.78 is 18.6. The summed E-state index contributed by atoms with van der Waals surface area (Å²) in [4.78, 5) is 22.7. The van der Waals surface area contributed by atoms with Gasteiger partial charge in [0.1, 0.15) is 5.82 Å². The number of halogens is 1. The number of methoxy groups -OCH3 is 1. The Balaban J connectivity index is 2.63. The number of urea groups is 1. The molecule has 108 valence electrons. The largest absolute Gasteiger partial charge is 0.465 e. The zero-order valence-electron chi connectivity index (χ0n) is 11.2. The molecule has 0 radical (unpaired) electrons. The molecule has 5 nitrogen and oxygen atoms in total. The number of rotatable bonds is 3. The number of benzene rings is 2. The number of anilines is 1. The predicted molar refractivity (Wildman–Crippen MR) is 76.4 cm³/mol. The van der Waals surface area contributed by atoms with Gasteiger partial charge in [0.2, 0.25) is 0 Å². The van der Waals surface area contributed by atoms with Crippen LogP contribution in [-0.2, 0) is 4.74 Å². The van der Waals surface area contributed by atoms with Gasteiger partial charge in [-0.2, -0.15) is 0 Å². The quantitative estimate of drug-likeness (QED) is 0.852. The molecule has 2 rings (SSSR count). The molecule has 0 saturated heterocycles. The van der Waals surface area contributed by atoms with Crippen molar-refractivity contribution in [3.8, 4) is 11.1 Å². The minimum Gasteiger partial charge on any atom is -0.465 e. The molecule has 6 heteroatoms. The molecule has 21 heavy (non-hydrogen) atoms. The highest BCUT2D eigenvalue weighted by molar-refractivity contribution is 5.99. The summed E-state index contributed by atoms with van der Waals surface area (Å²) in [7, 11) is 1.21. The minimum absolute atomic E-state index is 0.0659. The number of nitrogens with one attached hydrogen (secondary N) is 1. The topological polar surface area (TPSA) is 81.4 Å². The Labute approximate surface area is 120 Å². The van der Waals surface area contributed by atoms with Crippen LogP contribution in [0.25, 0.3) is 11.1 Å². The molecule has 3 N–H and O–H groups in total. The second-order valence-electron chi connectivity index (χ2n) is 4.22. The van der Waals surface area contributed by atoms with E-state index in [4.69, 9.17) is 5.73 Å². The minimum atomic E-state index is -0.890. The number of hydrogen-bond donors (Lipinski definition) is 2. The van der Waals surface area contributed by atoms with Gasteiger partial charge in [0.25, 0.3) is 0 Å². The van der Waals surface area contributed by atoms with Crippen LogP contribution in [0.4, 0.5) is 14.9 Å². The predicted octanol–water partition coefficient (Wildman–Crippen LogP) is 2.77. The molecule has 0 unspecified atom stereocenters. The summed E-state index contributed by atoms with van der Waals surface area (Å²) in [6.07, 6.45) is 0. The van der Waals surface area contributed by atoms with Crippen LogP contribution < -0.4 is 11.1 Å². The van der Waals surface area contributed by atoms with Crippen LogP contribution >= 0.6 is 0 Å². The Morgan fingerprint density at radius 3 is 2.43 bits per heavy atom. The normalized spacial score (nSPS) is 10.0. The molecule has 2 aromatic carbocycles. The van der Waals surface area contributed by atoms with Gasteiger partial charge in [-0.25, -0.2) is 14.0 Å². The molecule has 2 amide bonds. The van der Waals surface area contributed by atoms with Crippen LogP contribution in [0.3, 0.4) is 0 Å². The van der Waals surface area contributed by atoms with Gasteiger partial charge >= 0.3 is 12.0 Å². The summed E-state index contributed by atoms with van der Waals surface area (Å²) in [6, 6.07) is 10.4. The molecule has 0 aliphatic rings. The number of hydrogen-bond acceptors (Lipinski definition) is 3. The zero-order valence-corrected chi connectivity index (χ0v) is 11.2. The molecule has 0 bridgehead atoms. The van der Waals surface area contributed by atoms with E-state index in [1.165, 1.54) is 13.2 Å². The Morgan fingerprint density at radius 2 is 1.86 bits per heavy atom. The van der Waals surface area contributed by atoms with Crippen molar-refractivity contribution in [2.24, 2.45) is 5.73 Å². The van der Waals surface area contributed by atoms with E-state index in [0.29, 0.717) is 11.1 Å². The van der Waals surface area contributed by atoms with E-state index in [0.717, 1.165) is 6.07 Å². The van der Waals surface area contributed by atoms with Gasteiger partial charge in [-0.05, 0) is 23.3 Å². The van der Waals surface area contributed by atoms with Crippen molar-refractivity contribution >= 4 is 17.7 Å². The van der Waals surface area contributed by atoms with E-state index in [9.17, 15) is 14.0 Å². The lowest BCUT2D eigenvalue weighted by Crippen LogP contribution is -2.20.